The molecule has 0 saturated carbocycles. The second-order valence-electron chi connectivity index (χ2n) is 7.23. The van der Waals surface area contributed by atoms with Crippen molar-refractivity contribution in [3.63, 3.8) is 0 Å². The molecule has 154 valence electrons. The van der Waals surface area contributed by atoms with Crippen LogP contribution in [0.25, 0.3) is 6.08 Å². The minimum atomic E-state index is -0.428. The Morgan fingerprint density at radius 1 is 0.815 bits per heavy atom. The second kappa shape index (κ2) is 19.9. The van der Waals surface area contributed by atoms with Crippen LogP contribution in [0.5, 0.6) is 0 Å². The molecule has 1 rings (SSSR count). The summed E-state index contributed by atoms with van der Waals surface area (Å²) in [6.07, 6.45) is 0.241. The summed E-state index contributed by atoms with van der Waals surface area (Å²) in [6, 6.07) is 9.41. The van der Waals surface area contributed by atoms with Crippen LogP contribution >= 0.6 is 0 Å². The fourth-order valence-electron chi connectivity index (χ4n) is 1.02. The van der Waals surface area contributed by atoms with Crippen LogP contribution in [0.3, 0.4) is 0 Å². The van der Waals surface area contributed by atoms with E-state index in [1.165, 1.54) is 6.08 Å². The van der Waals surface area contributed by atoms with Crippen LogP contribution in [0.1, 0.15) is 67.9 Å². The minimum Gasteiger partial charge on any atom is -0.852 e. The molecule has 0 amide bonds. The molecule has 6 heteroatoms. The molecule has 0 atom stereocenters. The standard InChI is InChI=1S/C12H16O2.3C3H7O.Ti/c1-12(2,3)14-11(13)9-10-7-5-4-6-8-10;3*1-3(2)4;/h4-9,13H,1-3H3;3*3H,1-2H3;/q;3*-1;+4/p-1/b11-9-;;;;. The summed E-state index contributed by atoms with van der Waals surface area (Å²) in [5.74, 6) is -0.302. The first kappa shape index (κ1) is 33.7. The molecule has 0 aliphatic carbocycles. The third-order valence-electron chi connectivity index (χ3n) is 1.49. The number of hydrogen-bond acceptors (Lipinski definition) is 5. The van der Waals surface area contributed by atoms with Gasteiger partial charge in [0.05, 0.1) is 5.95 Å². The van der Waals surface area contributed by atoms with E-state index in [-0.39, 0.29) is 27.7 Å². The number of rotatable bonds is 2. The average molecular weight is 416 g/mol. The Labute approximate surface area is 181 Å². The zero-order chi connectivity index (χ0) is 21.3. The summed E-state index contributed by atoms with van der Waals surface area (Å²) in [5.41, 5.74) is 0.435. The quantitative estimate of drug-likeness (QED) is 0.536. The zero-order valence-corrected chi connectivity index (χ0v) is 19.8. The average Bonchev–Trinajstić information content (AvgIpc) is 2.35. The number of benzene rings is 1. The van der Waals surface area contributed by atoms with Gasteiger partial charge < -0.3 is 25.2 Å². The Balaban J connectivity index is -0.000000169. The summed E-state index contributed by atoms with van der Waals surface area (Å²) in [6.45, 7) is 15.2. The molecule has 27 heavy (non-hydrogen) atoms. The van der Waals surface area contributed by atoms with E-state index in [1.807, 2.05) is 51.1 Å². The summed E-state index contributed by atoms with van der Waals surface area (Å²) in [7, 11) is 0. The number of ether oxygens (including phenoxy) is 1. The van der Waals surface area contributed by atoms with E-state index in [0.717, 1.165) is 5.56 Å². The van der Waals surface area contributed by atoms with E-state index in [9.17, 15) is 20.4 Å². The van der Waals surface area contributed by atoms with Crippen LogP contribution < -0.4 is 20.4 Å². The maximum atomic E-state index is 11.4. The molecule has 0 bridgehead atoms. The fraction of sp³-hybridized carbons (Fsp3) is 0.619. The van der Waals surface area contributed by atoms with Gasteiger partial charge in [-0.05, 0) is 11.6 Å². The maximum Gasteiger partial charge on any atom is 4.00 e. The van der Waals surface area contributed by atoms with Crippen molar-refractivity contribution in [3.05, 3.63) is 41.8 Å². The fourth-order valence-corrected chi connectivity index (χ4v) is 1.02. The molecule has 0 radical (unpaired) electrons. The zero-order valence-electron chi connectivity index (χ0n) is 18.2. The van der Waals surface area contributed by atoms with Crippen molar-refractivity contribution < 1.29 is 46.9 Å². The Hall–Kier alpha value is -0.846. The third-order valence-corrected chi connectivity index (χ3v) is 1.49. The van der Waals surface area contributed by atoms with Gasteiger partial charge in [-0.25, -0.2) is 0 Å². The van der Waals surface area contributed by atoms with Gasteiger partial charge >= 0.3 is 21.7 Å². The molecular weight excluding hydrogens is 380 g/mol. The Morgan fingerprint density at radius 2 is 1.11 bits per heavy atom. The molecule has 0 fully saturated rings. The summed E-state index contributed by atoms with van der Waals surface area (Å²) in [5, 5.41) is 39.9. The molecule has 0 heterocycles. The van der Waals surface area contributed by atoms with Crippen molar-refractivity contribution in [3.8, 4) is 0 Å². The largest absolute Gasteiger partial charge is 4.00 e. The predicted octanol–water partition coefficient (Wildman–Crippen LogP) is 1.42. The van der Waals surface area contributed by atoms with Crippen LogP contribution in [0.2, 0.25) is 0 Å². The SMILES string of the molecule is CC(C)(C)O/C([O-])=C\c1ccccc1.CC(C)[O-].CC(C)[O-].CC(C)[O-].[Ti+4]. The number of hydrogen-bond donors (Lipinski definition) is 0. The monoisotopic (exact) mass is 416 g/mol. The van der Waals surface area contributed by atoms with Gasteiger partial charge in [0.2, 0.25) is 0 Å². The molecule has 1 aromatic rings. The molecule has 1 aromatic carbocycles. The van der Waals surface area contributed by atoms with Crippen molar-refractivity contribution in [2.24, 2.45) is 0 Å². The molecular formula is C21H36O5Ti. The van der Waals surface area contributed by atoms with E-state index in [2.05, 4.69) is 0 Å². The van der Waals surface area contributed by atoms with E-state index in [0.29, 0.717) is 0 Å². The van der Waals surface area contributed by atoms with E-state index in [1.54, 1.807) is 41.5 Å². The Morgan fingerprint density at radius 3 is 1.37 bits per heavy atom. The van der Waals surface area contributed by atoms with Gasteiger partial charge in [0.15, 0.2) is 0 Å². The van der Waals surface area contributed by atoms with Crippen molar-refractivity contribution >= 4 is 6.08 Å². The van der Waals surface area contributed by atoms with Crippen LogP contribution in [-0.4, -0.2) is 23.9 Å². The predicted molar refractivity (Wildman–Crippen MR) is 101 cm³/mol. The first-order chi connectivity index (χ1) is 11.7. The van der Waals surface area contributed by atoms with Crippen LogP contribution in [0.4, 0.5) is 0 Å². The molecule has 0 spiro atoms. The van der Waals surface area contributed by atoms with Crippen molar-refractivity contribution in [1.82, 2.24) is 0 Å². The summed E-state index contributed by atoms with van der Waals surface area (Å²) >= 11 is 0. The van der Waals surface area contributed by atoms with E-state index >= 15 is 0 Å². The van der Waals surface area contributed by atoms with E-state index < -0.39 is 23.9 Å². The van der Waals surface area contributed by atoms with E-state index in [4.69, 9.17) is 4.74 Å². The second-order valence-corrected chi connectivity index (χ2v) is 7.23. The molecule has 0 aliphatic heterocycles. The normalized spacial score (nSPS) is 10.6. The van der Waals surface area contributed by atoms with Gasteiger partial charge in [0, 0.05) is 5.60 Å². The van der Waals surface area contributed by atoms with Gasteiger partial charge in [0.25, 0.3) is 0 Å². The molecule has 0 N–H and O–H groups in total. The van der Waals surface area contributed by atoms with Gasteiger partial charge in [-0.2, -0.15) is 0 Å². The van der Waals surface area contributed by atoms with Crippen molar-refractivity contribution in [2.45, 2.75) is 86.2 Å². The van der Waals surface area contributed by atoms with Crippen LogP contribution in [-0.2, 0) is 26.5 Å². The van der Waals surface area contributed by atoms with Crippen molar-refractivity contribution in [1.29, 1.82) is 0 Å². The minimum absolute atomic E-state index is 0. The summed E-state index contributed by atoms with van der Waals surface area (Å²) in [4.78, 5) is 0. The van der Waals surface area contributed by atoms with Crippen LogP contribution in [0.15, 0.2) is 36.3 Å². The van der Waals surface area contributed by atoms with Crippen LogP contribution in [0, 0.1) is 0 Å². The van der Waals surface area contributed by atoms with Crippen molar-refractivity contribution in [2.75, 3.05) is 0 Å². The molecule has 0 aliphatic rings. The van der Waals surface area contributed by atoms with Gasteiger partial charge in [-0.15, -0.1) is 18.3 Å². The smallest absolute Gasteiger partial charge is 0.852 e. The first-order valence-corrected chi connectivity index (χ1v) is 8.77. The third kappa shape index (κ3) is 51.7. The molecule has 5 nitrogen and oxygen atoms in total. The summed E-state index contributed by atoms with van der Waals surface area (Å²) < 4.78 is 5.15. The Kier molecular flexibility index (Phi) is 24.9. The molecule has 0 aromatic heterocycles. The first-order valence-electron chi connectivity index (χ1n) is 8.77. The van der Waals surface area contributed by atoms with Gasteiger partial charge in [0.1, 0.15) is 0 Å². The van der Waals surface area contributed by atoms with Gasteiger partial charge in [-0.1, -0.05) is 92.6 Å². The topological polar surface area (TPSA) is 101 Å². The van der Waals surface area contributed by atoms with Gasteiger partial charge in [-0.3, -0.25) is 0 Å². The Bertz CT molecular complexity index is 415. The molecule has 0 unspecified atom stereocenters. The maximum absolute atomic E-state index is 11.4. The molecule has 0 saturated heterocycles.